The highest BCUT2D eigenvalue weighted by molar-refractivity contribution is 5.92. The van der Waals surface area contributed by atoms with E-state index in [9.17, 15) is 4.79 Å². The molecule has 1 saturated heterocycles. The summed E-state index contributed by atoms with van der Waals surface area (Å²) in [6.07, 6.45) is 3.76. The van der Waals surface area contributed by atoms with Crippen molar-refractivity contribution >= 4 is 5.91 Å². The number of rotatable bonds is 5. The molecular formula is C22H25N5O. The van der Waals surface area contributed by atoms with Gasteiger partial charge in [0, 0.05) is 0 Å². The summed E-state index contributed by atoms with van der Waals surface area (Å²) >= 11 is 0. The standard InChI is InChI=1S/C22H25N5O/c1-22(17-8-4-2-5-9-17,18-10-6-3-7-11-18)24-21(28)20-16-27(26-25-20)19-12-14-23-15-13-19/h2-11,16,19,23H,12-15H2,1H3,(H,24,28). The van der Waals surface area contributed by atoms with Gasteiger partial charge < -0.3 is 10.6 Å². The molecule has 2 aromatic carbocycles. The SMILES string of the molecule is CC(NC(=O)c1cn(C2CCNCC2)nn1)(c1ccccc1)c1ccccc1. The largest absolute Gasteiger partial charge is 0.337 e. The van der Waals surface area contributed by atoms with Crippen LogP contribution in [-0.2, 0) is 5.54 Å². The molecule has 2 heterocycles. The summed E-state index contributed by atoms with van der Waals surface area (Å²) in [5, 5.41) is 14.9. The molecular weight excluding hydrogens is 350 g/mol. The molecule has 3 aromatic rings. The fourth-order valence-corrected chi connectivity index (χ4v) is 3.78. The molecule has 1 aliphatic heterocycles. The van der Waals surface area contributed by atoms with Gasteiger partial charge in [0.15, 0.2) is 5.69 Å². The summed E-state index contributed by atoms with van der Waals surface area (Å²) in [5.74, 6) is -0.226. The van der Waals surface area contributed by atoms with Crippen LogP contribution in [0.25, 0.3) is 0 Å². The Bertz CT molecular complexity index is 877. The topological polar surface area (TPSA) is 71.8 Å². The highest BCUT2D eigenvalue weighted by atomic mass is 16.2. The van der Waals surface area contributed by atoms with Crippen LogP contribution in [0.1, 0.15) is 47.4 Å². The second kappa shape index (κ2) is 7.94. The van der Waals surface area contributed by atoms with E-state index >= 15 is 0 Å². The fourth-order valence-electron chi connectivity index (χ4n) is 3.78. The van der Waals surface area contributed by atoms with Crippen molar-refractivity contribution in [1.29, 1.82) is 0 Å². The Morgan fingerprint density at radius 2 is 1.61 bits per heavy atom. The van der Waals surface area contributed by atoms with Crippen LogP contribution in [0.2, 0.25) is 0 Å². The van der Waals surface area contributed by atoms with Gasteiger partial charge in [-0.3, -0.25) is 4.79 Å². The highest BCUT2D eigenvalue weighted by Crippen LogP contribution is 2.29. The third-order valence-corrected chi connectivity index (χ3v) is 5.49. The van der Waals surface area contributed by atoms with Crippen molar-refractivity contribution in [3.8, 4) is 0 Å². The lowest BCUT2D eigenvalue weighted by molar-refractivity contribution is 0.0913. The maximum Gasteiger partial charge on any atom is 0.274 e. The van der Waals surface area contributed by atoms with Gasteiger partial charge in [-0.15, -0.1) is 5.10 Å². The molecule has 6 nitrogen and oxygen atoms in total. The molecule has 0 saturated carbocycles. The van der Waals surface area contributed by atoms with Crippen LogP contribution in [0.15, 0.2) is 66.9 Å². The Morgan fingerprint density at radius 1 is 1.04 bits per heavy atom. The van der Waals surface area contributed by atoms with E-state index in [-0.39, 0.29) is 5.91 Å². The van der Waals surface area contributed by atoms with E-state index in [0.717, 1.165) is 37.1 Å². The van der Waals surface area contributed by atoms with E-state index in [1.165, 1.54) is 0 Å². The number of piperidine rings is 1. The number of carbonyl (C=O) groups excluding carboxylic acids is 1. The molecule has 144 valence electrons. The van der Waals surface area contributed by atoms with E-state index in [4.69, 9.17) is 0 Å². The summed E-state index contributed by atoms with van der Waals surface area (Å²) in [7, 11) is 0. The summed E-state index contributed by atoms with van der Waals surface area (Å²) in [5.41, 5.74) is 1.70. The van der Waals surface area contributed by atoms with Crippen LogP contribution in [0.4, 0.5) is 0 Å². The monoisotopic (exact) mass is 375 g/mol. The lowest BCUT2D eigenvalue weighted by Gasteiger charge is -2.32. The number of benzene rings is 2. The molecule has 0 radical (unpaired) electrons. The zero-order chi connectivity index (χ0) is 19.4. The van der Waals surface area contributed by atoms with Crippen molar-refractivity contribution in [3.63, 3.8) is 0 Å². The average Bonchev–Trinajstić information content (AvgIpc) is 3.26. The first kappa shape index (κ1) is 18.4. The molecule has 0 atom stereocenters. The summed E-state index contributed by atoms with van der Waals surface area (Å²) in [4.78, 5) is 13.1. The van der Waals surface area contributed by atoms with Crippen molar-refractivity contribution in [2.75, 3.05) is 13.1 Å². The van der Waals surface area contributed by atoms with E-state index in [0.29, 0.717) is 11.7 Å². The van der Waals surface area contributed by atoms with Gasteiger partial charge in [0.05, 0.1) is 17.8 Å². The third kappa shape index (κ3) is 3.68. The highest BCUT2D eigenvalue weighted by Gasteiger charge is 2.32. The second-order valence-electron chi connectivity index (χ2n) is 7.38. The zero-order valence-electron chi connectivity index (χ0n) is 16.0. The van der Waals surface area contributed by atoms with E-state index < -0.39 is 5.54 Å². The van der Waals surface area contributed by atoms with Crippen LogP contribution < -0.4 is 10.6 Å². The molecule has 4 rings (SSSR count). The first-order valence-electron chi connectivity index (χ1n) is 9.73. The normalized spacial score (nSPS) is 15.3. The Balaban J connectivity index is 1.61. The van der Waals surface area contributed by atoms with Gasteiger partial charge in [-0.1, -0.05) is 65.9 Å². The van der Waals surface area contributed by atoms with Gasteiger partial charge in [-0.25, -0.2) is 4.68 Å². The first-order chi connectivity index (χ1) is 13.7. The Morgan fingerprint density at radius 3 is 2.18 bits per heavy atom. The van der Waals surface area contributed by atoms with Crippen molar-refractivity contribution < 1.29 is 4.79 Å². The predicted molar refractivity (Wildman–Crippen MR) is 108 cm³/mol. The zero-order valence-corrected chi connectivity index (χ0v) is 16.0. The minimum atomic E-state index is -0.669. The number of nitrogens with one attached hydrogen (secondary N) is 2. The molecule has 2 N–H and O–H groups in total. The quantitative estimate of drug-likeness (QED) is 0.719. The molecule has 1 aliphatic rings. The van der Waals surface area contributed by atoms with Crippen LogP contribution in [0.3, 0.4) is 0 Å². The Hall–Kier alpha value is -2.99. The summed E-state index contributed by atoms with van der Waals surface area (Å²) in [6.45, 7) is 3.95. The number of aromatic nitrogens is 3. The molecule has 28 heavy (non-hydrogen) atoms. The Kier molecular flexibility index (Phi) is 5.21. The third-order valence-electron chi connectivity index (χ3n) is 5.49. The van der Waals surface area contributed by atoms with Crippen molar-refractivity contribution in [2.24, 2.45) is 0 Å². The molecule has 0 aliphatic carbocycles. The van der Waals surface area contributed by atoms with E-state index in [1.54, 1.807) is 6.20 Å². The summed E-state index contributed by atoms with van der Waals surface area (Å²) < 4.78 is 1.83. The summed E-state index contributed by atoms with van der Waals surface area (Å²) in [6, 6.07) is 20.3. The van der Waals surface area contributed by atoms with Gasteiger partial charge in [-0.2, -0.15) is 0 Å². The number of nitrogens with zero attached hydrogens (tertiary/aromatic N) is 3. The molecule has 0 unspecified atom stereocenters. The van der Waals surface area contributed by atoms with Crippen LogP contribution in [-0.4, -0.2) is 34.0 Å². The second-order valence-corrected chi connectivity index (χ2v) is 7.38. The van der Waals surface area contributed by atoms with Gasteiger partial charge in [0.1, 0.15) is 0 Å². The lowest BCUT2D eigenvalue weighted by atomic mass is 9.84. The minimum Gasteiger partial charge on any atom is -0.337 e. The maximum absolute atomic E-state index is 13.1. The van der Waals surface area contributed by atoms with Gasteiger partial charge in [0.25, 0.3) is 5.91 Å². The first-order valence-corrected chi connectivity index (χ1v) is 9.73. The van der Waals surface area contributed by atoms with Crippen LogP contribution in [0, 0.1) is 0 Å². The predicted octanol–water partition coefficient (Wildman–Crippen LogP) is 2.90. The number of carbonyl (C=O) groups is 1. The molecule has 1 aromatic heterocycles. The van der Waals surface area contributed by atoms with Crippen LogP contribution >= 0.6 is 0 Å². The van der Waals surface area contributed by atoms with Crippen LogP contribution in [0.5, 0.6) is 0 Å². The smallest absolute Gasteiger partial charge is 0.274 e. The minimum absolute atomic E-state index is 0.226. The van der Waals surface area contributed by atoms with E-state index in [2.05, 4.69) is 20.9 Å². The van der Waals surface area contributed by atoms with Crippen molar-refractivity contribution in [2.45, 2.75) is 31.3 Å². The molecule has 1 amide bonds. The van der Waals surface area contributed by atoms with Crippen molar-refractivity contribution in [3.05, 3.63) is 83.7 Å². The molecule has 6 heteroatoms. The maximum atomic E-state index is 13.1. The Labute approximate surface area is 165 Å². The fraction of sp³-hybridized carbons (Fsp3) is 0.318. The molecule has 1 fully saturated rings. The molecule has 0 bridgehead atoms. The van der Waals surface area contributed by atoms with E-state index in [1.807, 2.05) is 72.3 Å². The van der Waals surface area contributed by atoms with Crippen molar-refractivity contribution in [1.82, 2.24) is 25.6 Å². The van der Waals surface area contributed by atoms with Gasteiger partial charge in [-0.05, 0) is 44.0 Å². The number of hydrogen-bond donors (Lipinski definition) is 2. The average molecular weight is 375 g/mol. The number of amides is 1. The van der Waals surface area contributed by atoms with Gasteiger partial charge >= 0.3 is 0 Å². The number of hydrogen-bond acceptors (Lipinski definition) is 4. The molecule has 0 spiro atoms. The van der Waals surface area contributed by atoms with Gasteiger partial charge in [0.2, 0.25) is 0 Å². The lowest BCUT2D eigenvalue weighted by Crippen LogP contribution is -2.44.